The Morgan fingerprint density at radius 1 is 1.50 bits per heavy atom. The van der Waals surface area contributed by atoms with Crippen LogP contribution in [0.5, 0.6) is 0 Å². The van der Waals surface area contributed by atoms with Gasteiger partial charge < -0.3 is 10.0 Å². The summed E-state index contributed by atoms with van der Waals surface area (Å²) in [4.78, 5) is 17.0. The molecule has 1 aromatic rings. The highest BCUT2D eigenvalue weighted by Crippen LogP contribution is 2.21. The summed E-state index contributed by atoms with van der Waals surface area (Å²) in [6.07, 6.45) is 6.52. The van der Waals surface area contributed by atoms with E-state index in [1.54, 1.807) is 12.3 Å². The first-order valence-electron chi connectivity index (χ1n) is 6.19. The summed E-state index contributed by atoms with van der Waals surface area (Å²) >= 11 is 0. The lowest BCUT2D eigenvalue weighted by molar-refractivity contribution is -0.131. The zero-order valence-electron chi connectivity index (χ0n) is 11.1. The molecule has 0 spiro atoms. The highest BCUT2D eigenvalue weighted by molar-refractivity contribution is 5.86. The summed E-state index contributed by atoms with van der Waals surface area (Å²) in [7, 11) is 2.00. The Labute approximate surface area is 108 Å². The van der Waals surface area contributed by atoms with E-state index in [0.29, 0.717) is 6.04 Å². The maximum Gasteiger partial charge on any atom is 0.328 e. The van der Waals surface area contributed by atoms with Gasteiger partial charge in [0.1, 0.15) is 5.82 Å². The molecule has 0 bridgehead atoms. The van der Waals surface area contributed by atoms with Crippen LogP contribution in [-0.2, 0) is 4.79 Å². The number of carbonyl (C=O) groups is 1. The molecule has 1 heterocycles. The van der Waals surface area contributed by atoms with Gasteiger partial charge in [-0.1, -0.05) is 13.8 Å². The van der Waals surface area contributed by atoms with Gasteiger partial charge in [-0.2, -0.15) is 0 Å². The highest BCUT2D eigenvalue weighted by atomic mass is 16.4. The Bertz CT molecular complexity index is 426. The largest absolute Gasteiger partial charge is 0.478 e. The number of aliphatic carboxylic acids is 1. The van der Waals surface area contributed by atoms with Crippen LogP contribution in [0, 0.1) is 0 Å². The molecule has 4 nitrogen and oxygen atoms in total. The van der Waals surface area contributed by atoms with E-state index in [2.05, 4.69) is 23.7 Å². The number of carboxylic acids is 1. The predicted octanol–water partition coefficient (Wildman–Crippen LogP) is 2.80. The van der Waals surface area contributed by atoms with Gasteiger partial charge in [0.25, 0.3) is 0 Å². The second kappa shape index (κ2) is 6.79. The van der Waals surface area contributed by atoms with Gasteiger partial charge >= 0.3 is 5.97 Å². The zero-order valence-corrected chi connectivity index (χ0v) is 11.1. The van der Waals surface area contributed by atoms with Crippen LogP contribution in [0.2, 0.25) is 0 Å². The Kier molecular flexibility index (Phi) is 5.36. The fraction of sp³-hybridized carbons (Fsp3) is 0.429. The van der Waals surface area contributed by atoms with Crippen LogP contribution >= 0.6 is 0 Å². The lowest BCUT2D eigenvalue weighted by Gasteiger charge is -2.28. The molecule has 1 rings (SSSR count). The summed E-state index contributed by atoms with van der Waals surface area (Å²) in [6, 6.07) is 4.10. The summed E-state index contributed by atoms with van der Waals surface area (Å²) < 4.78 is 0. The van der Waals surface area contributed by atoms with E-state index >= 15 is 0 Å². The molecule has 0 aliphatic rings. The Hall–Kier alpha value is -1.84. The number of carboxylic acid groups (broad SMARTS) is 1. The molecular formula is C14H20N2O2. The van der Waals surface area contributed by atoms with Gasteiger partial charge in [0.15, 0.2) is 0 Å². The smallest absolute Gasteiger partial charge is 0.328 e. The first-order chi connectivity index (χ1) is 8.60. The van der Waals surface area contributed by atoms with E-state index in [1.165, 1.54) is 0 Å². The predicted molar refractivity (Wildman–Crippen MR) is 73.7 cm³/mol. The summed E-state index contributed by atoms with van der Waals surface area (Å²) in [5, 5.41) is 8.68. The van der Waals surface area contributed by atoms with E-state index in [0.717, 1.165) is 30.3 Å². The van der Waals surface area contributed by atoms with Crippen molar-refractivity contribution >= 4 is 17.9 Å². The Morgan fingerprint density at radius 3 is 2.72 bits per heavy atom. The second-order valence-electron chi connectivity index (χ2n) is 4.17. The summed E-state index contributed by atoms with van der Waals surface area (Å²) in [6.45, 7) is 4.28. The van der Waals surface area contributed by atoms with Crippen LogP contribution in [0.4, 0.5) is 5.82 Å². The van der Waals surface area contributed by atoms with Crippen molar-refractivity contribution in [1.29, 1.82) is 0 Å². The molecule has 4 heteroatoms. The number of rotatable bonds is 6. The third-order valence-corrected chi connectivity index (χ3v) is 3.05. The number of anilines is 1. The van der Waals surface area contributed by atoms with Crippen LogP contribution in [0.1, 0.15) is 32.3 Å². The molecule has 0 saturated carbocycles. The van der Waals surface area contributed by atoms with Crippen molar-refractivity contribution in [3.63, 3.8) is 0 Å². The van der Waals surface area contributed by atoms with E-state index in [1.807, 2.05) is 19.2 Å². The number of hydrogen-bond acceptors (Lipinski definition) is 3. The number of pyridine rings is 1. The molecule has 0 fully saturated rings. The minimum atomic E-state index is -0.949. The van der Waals surface area contributed by atoms with Gasteiger partial charge in [-0.15, -0.1) is 0 Å². The van der Waals surface area contributed by atoms with E-state index < -0.39 is 5.97 Å². The van der Waals surface area contributed by atoms with E-state index in [9.17, 15) is 4.79 Å². The molecule has 1 aromatic heterocycles. The number of hydrogen-bond donors (Lipinski definition) is 1. The summed E-state index contributed by atoms with van der Waals surface area (Å²) in [5.74, 6) is -0.126. The van der Waals surface area contributed by atoms with Crippen molar-refractivity contribution in [2.45, 2.75) is 32.7 Å². The molecule has 0 aliphatic heterocycles. The maximum atomic E-state index is 10.6. The van der Waals surface area contributed by atoms with Crippen LogP contribution in [0.15, 0.2) is 24.4 Å². The van der Waals surface area contributed by atoms with Gasteiger partial charge in [0.2, 0.25) is 0 Å². The molecule has 0 saturated heterocycles. The third-order valence-electron chi connectivity index (χ3n) is 3.05. The third kappa shape index (κ3) is 3.58. The van der Waals surface area contributed by atoms with E-state index in [4.69, 9.17) is 5.11 Å². The lowest BCUT2D eigenvalue weighted by atomic mass is 10.1. The molecule has 18 heavy (non-hydrogen) atoms. The fourth-order valence-electron chi connectivity index (χ4n) is 2.00. The molecule has 0 aliphatic carbocycles. The Morgan fingerprint density at radius 2 is 2.17 bits per heavy atom. The molecule has 1 N–H and O–H groups in total. The van der Waals surface area contributed by atoms with Crippen molar-refractivity contribution in [3.8, 4) is 0 Å². The minimum absolute atomic E-state index is 0.414. The topological polar surface area (TPSA) is 53.4 Å². The first-order valence-corrected chi connectivity index (χ1v) is 6.19. The Balaban J connectivity index is 3.04. The van der Waals surface area contributed by atoms with Crippen molar-refractivity contribution in [1.82, 2.24) is 4.98 Å². The van der Waals surface area contributed by atoms with Crippen LogP contribution < -0.4 is 4.90 Å². The number of aromatic nitrogens is 1. The van der Waals surface area contributed by atoms with Crippen molar-refractivity contribution in [2.75, 3.05) is 11.9 Å². The SMILES string of the molecule is CCC(CC)N(C)c1ncccc1/C=C/C(=O)O. The maximum absolute atomic E-state index is 10.6. The van der Waals surface area contributed by atoms with Gasteiger partial charge in [0.05, 0.1) is 0 Å². The van der Waals surface area contributed by atoms with Gasteiger partial charge in [-0.25, -0.2) is 9.78 Å². The number of nitrogens with zero attached hydrogens (tertiary/aromatic N) is 2. The molecule has 98 valence electrons. The molecule has 0 aromatic carbocycles. The molecular weight excluding hydrogens is 228 g/mol. The van der Waals surface area contributed by atoms with Gasteiger partial charge in [0, 0.05) is 30.9 Å². The normalized spacial score (nSPS) is 11.1. The minimum Gasteiger partial charge on any atom is -0.478 e. The quantitative estimate of drug-likeness (QED) is 0.786. The average Bonchev–Trinajstić information content (AvgIpc) is 2.38. The summed E-state index contributed by atoms with van der Waals surface area (Å²) in [5.41, 5.74) is 0.828. The van der Waals surface area contributed by atoms with Crippen LogP contribution in [0.25, 0.3) is 6.08 Å². The second-order valence-corrected chi connectivity index (χ2v) is 4.17. The van der Waals surface area contributed by atoms with E-state index in [-0.39, 0.29) is 0 Å². The lowest BCUT2D eigenvalue weighted by Crippen LogP contribution is -2.31. The van der Waals surface area contributed by atoms with Crippen molar-refractivity contribution in [2.24, 2.45) is 0 Å². The highest BCUT2D eigenvalue weighted by Gasteiger charge is 2.14. The fourth-order valence-corrected chi connectivity index (χ4v) is 2.00. The molecule has 0 radical (unpaired) electrons. The van der Waals surface area contributed by atoms with Gasteiger partial charge in [-0.05, 0) is 31.1 Å². The standard InChI is InChI=1S/C14H20N2O2/c1-4-12(5-2)16(3)14-11(7-6-10-15-14)8-9-13(17)18/h6-10,12H,4-5H2,1-3H3,(H,17,18)/b9-8+. The zero-order chi connectivity index (χ0) is 13.5. The van der Waals surface area contributed by atoms with Crippen molar-refractivity contribution < 1.29 is 9.90 Å². The molecule has 0 atom stereocenters. The first kappa shape index (κ1) is 14.2. The monoisotopic (exact) mass is 248 g/mol. The molecule has 0 amide bonds. The van der Waals surface area contributed by atoms with Gasteiger partial charge in [-0.3, -0.25) is 0 Å². The average molecular weight is 248 g/mol. The van der Waals surface area contributed by atoms with Crippen LogP contribution in [0.3, 0.4) is 0 Å². The van der Waals surface area contributed by atoms with Crippen LogP contribution in [-0.4, -0.2) is 29.1 Å². The molecule has 0 unspecified atom stereocenters. The van der Waals surface area contributed by atoms with Crippen molar-refractivity contribution in [3.05, 3.63) is 30.0 Å².